The summed E-state index contributed by atoms with van der Waals surface area (Å²) in [7, 11) is 0. The molecule has 0 saturated carbocycles. The summed E-state index contributed by atoms with van der Waals surface area (Å²) < 4.78 is 18.8. The Hall–Kier alpha value is -0.950. The number of halogens is 1. The lowest BCUT2D eigenvalue weighted by molar-refractivity contribution is -0.157. The van der Waals surface area contributed by atoms with Gasteiger partial charge in [-0.2, -0.15) is 0 Å². The average Bonchev–Trinajstić information content (AvgIpc) is 2.28. The molecule has 1 aromatic carbocycles. The Kier molecular flexibility index (Phi) is 5.28. The van der Waals surface area contributed by atoms with Gasteiger partial charge in [-0.05, 0) is 36.8 Å². The van der Waals surface area contributed by atoms with Crippen molar-refractivity contribution in [2.45, 2.75) is 20.3 Å². The Labute approximate surface area is 113 Å². The highest BCUT2D eigenvalue weighted by atomic mass is 35.5. The highest BCUT2D eigenvalue weighted by Crippen LogP contribution is 2.27. The molecule has 0 spiro atoms. The summed E-state index contributed by atoms with van der Waals surface area (Å²) >= 11 is 3.62. The molecule has 1 rings (SSSR count). The smallest absolute Gasteiger partial charge is 0.332 e. The molecule has 0 aliphatic heterocycles. The van der Waals surface area contributed by atoms with Gasteiger partial charge in [-0.15, -0.1) is 0 Å². The van der Waals surface area contributed by atoms with Crippen molar-refractivity contribution in [2.75, 3.05) is 0 Å². The van der Waals surface area contributed by atoms with Gasteiger partial charge in [0.1, 0.15) is 0 Å². The van der Waals surface area contributed by atoms with Crippen LogP contribution in [0.1, 0.15) is 19.4 Å². The lowest BCUT2D eigenvalue weighted by atomic mass is 9.86. The molecule has 1 unspecified atom stereocenters. The molecule has 0 saturated heterocycles. The third kappa shape index (κ3) is 4.38. The standard InChI is InChI=1S/C11H14ClNO4S/c1-11(2,10(14)17-13-18(15)16)7-8-5-3-4-6-9(8)12/h3-6,13H,7H2,1-2H3,(H,15,16). The van der Waals surface area contributed by atoms with E-state index in [0.717, 1.165) is 5.56 Å². The SMILES string of the molecule is CC(C)(Cc1ccccc1Cl)C(=O)ONS(=O)O. The fourth-order valence-electron chi connectivity index (χ4n) is 1.40. The van der Waals surface area contributed by atoms with Crippen molar-refractivity contribution in [1.29, 1.82) is 0 Å². The largest absolute Gasteiger partial charge is 0.355 e. The third-order valence-electron chi connectivity index (χ3n) is 2.35. The lowest BCUT2D eigenvalue weighted by Gasteiger charge is -2.22. The van der Waals surface area contributed by atoms with Crippen molar-refractivity contribution in [3.63, 3.8) is 0 Å². The third-order valence-corrected chi connectivity index (χ3v) is 2.94. The van der Waals surface area contributed by atoms with Crippen molar-refractivity contribution in [3.05, 3.63) is 34.9 Å². The number of carbonyl (C=O) groups is 1. The molecule has 0 fully saturated rings. The second-order valence-corrected chi connectivity index (χ2v) is 5.45. The zero-order chi connectivity index (χ0) is 13.8. The first-order chi connectivity index (χ1) is 8.33. The molecule has 0 bridgehead atoms. The van der Waals surface area contributed by atoms with Crippen LogP contribution >= 0.6 is 11.6 Å². The lowest BCUT2D eigenvalue weighted by Crippen LogP contribution is -2.34. The minimum Gasteiger partial charge on any atom is -0.355 e. The van der Waals surface area contributed by atoms with Crippen molar-refractivity contribution in [2.24, 2.45) is 5.41 Å². The monoisotopic (exact) mass is 291 g/mol. The van der Waals surface area contributed by atoms with Crippen LogP contribution in [0.15, 0.2) is 24.3 Å². The van der Waals surface area contributed by atoms with Crippen LogP contribution in [0.3, 0.4) is 0 Å². The second kappa shape index (κ2) is 6.29. The summed E-state index contributed by atoms with van der Waals surface area (Å²) in [5.74, 6) is -0.634. The maximum atomic E-state index is 11.7. The predicted octanol–water partition coefficient (Wildman–Crippen LogP) is 2.09. The molecule has 7 heteroatoms. The van der Waals surface area contributed by atoms with E-state index >= 15 is 0 Å². The number of hydrogen-bond donors (Lipinski definition) is 2. The first-order valence-corrected chi connectivity index (χ1v) is 6.62. The first kappa shape index (κ1) is 15.1. The Morgan fingerprint density at radius 3 is 2.67 bits per heavy atom. The highest BCUT2D eigenvalue weighted by Gasteiger charge is 2.31. The molecular formula is C11H14ClNO4S. The van der Waals surface area contributed by atoms with Crippen LogP contribution in [-0.2, 0) is 27.3 Å². The summed E-state index contributed by atoms with van der Waals surface area (Å²) in [6.07, 6.45) is 0.366. The molecule has 0 aliphatic carbocycles. The van der Waals surface area contributed by atoms with E-state index in [9.17, 15) is 9.00 Å². The second-order valence-electron chi connectivity index (χ2n) is 4.37. The summed E-state index contributed by atoms with van der Waals surface area (Å²) in [6, 6.07) is 7.17. The van der Waals surface area contributed by atoms with E-state index in [-0.39, 0.29) is 0 Å². The maximum Gasteiger partial charge on any atom is 0.332 e. The molecule has 0 heterocycles. The van der Waals surface area contributed by atoms with Gasteiger partial charge < -0.3 is 4.84 Å². The molecule has 2 N–H and O–H groups in total. The minimum atomic E-state index is -2.39. The van der Waals surface area contributed by atoms with Crippen molar-refractivity contribution < 1.29 is 18.4 Å². The molecule has 1 atom stereocenters. The molecule has 0 amide bonds. The molecule has 100 valence electrons. The maximum absolute atomic E-state index is 11.7. The Morgan fingerprint density at radius 1 is 1.50 bits per heavy atom. The number of benzene rings is 1. The number of nitrogens with one attached hydrogen (secondary N) is 1. The van der Waals surface area contributed by atoms with Crippen LogP contribution < -0.4 is 4.89 Å². The van der Waals surface area contributed by atoms with Gasteiger partial charge in [-0.3, -0.25) is 4.55 Å². The van der Waals surface area contributed by atoms with Gasteiger partial charge >= 0.3 is 5.97 Å². The van der Waals surface area contributed by atoms with Crippen molar-refractivity contribution in [1.82, 2.24) is 4.89 Å². The zero-order valence-electron chi connectivity index (χ0n) is 9.97. The van der Waals surface area contributed by atoms with Gasteiger partial charge in [-0.1, -0.05) is 29.8 Å². The zero-order valence-corrected chi connectivity index (χ0v) is 11.5. The van der Waals surface area contributed by atoms with Gasteiger partial charge in [0.2, 0.25) is 0 Å². The first-order valence-electron chi connectivity index (χ1n) is 5.14. The Morgan fingerprint density at radius 2 is 2.11 bits per heavy atom. The van der Waals surface area contributed by atoms with E-state index < -0.39 is 22.7 Å². The molecule has 18 heavy (non-hydrogen) atoms. The summed E-state index contributed by atoms with van der Waals surface area (Å²) in [6.45, 7) is 3.33. The van der Waals surface area contributed by atoms with Gasteiger partial charge in [0.15, 0.2) is 0 Å². The molecule has 0 radical (unpaired) electrons. The molecule has 0 aliphatic rings. The van der Waals surface area contributed by atoms with E-state index in [2.05, 4.69) is 4.84 Å². The van der Waals surface area contributed by atoms with E-state index in [1.165, 1.54) is 0 Å². The predicted molar refractivity (Wildman–Crippen MR) is 68.9 cm³/mol. The van der Waals surface area contributed by atoms with Crippen LogP contribution in [0.2, 0.25) is 5.02 Å². The summed E-state index contributed by atoms with van der Waals surface area (Å²) in [4.78, 5) is 17.9. The summed E-state index contributed by atoms with van der Waals surface area (Å²) in [5.41, 5.74) is -0.0524. The fraction of sp³-hybridized carbons (Fsp3) is 0.364. The van der Waals surface area contributed by atoms with Crippen LogP contribution in [0.25, 0.3) is 0 Å². The van der Waals surface area contributed by atoms with Gasteiger partial charge in [0.25, 0.3) is 11.3 Å². The van der Waals surface area contributed by atoms with Gasteiger partial charge in [-0.25, -0.2) is 9.00 Å². The Bertz CT molecular complexity index is 464. The van der Waals surface area contributed by atoms with Crippen LogP contribution in [0.5, 0.6) is 0 Å². The molecule has 0 aromatic heterocycles. The molecule has 5 nitrogen and oxygen atoms in total. The highest BCUT2D eigenvalue weighted by molar-refractivity contribution is 7.76. The van der Waals surface area contributed by atoms with E-state index in [4.69, 9.17) is 16.2 Å². The topological polar surface area (TPSA) is 75.6 Å². The molecular weight excluding hydrogens is 278 g/mol. The fourth-order valence-corrected chi connectivity index (χ4v) is 1.75. The average molecular weight is 292 g/mol. The van der Waals surface area contributed by atoms with E-state index in [0.29, 0.717) is 11.4 Å². The minimum absolute atomic E-state index is 0.366. The summed E-state index contributed by atoms with van der Waals surface area (Å²) in [5, 5.41) is 0.567. The number of rotatable bonds is 5. The quantitative estimate of drug-likeness (QED) is 0.643. The van der Waals surface area contributed by atoms with Crippen LogP contribution in [0.4, 0.5) is 0 Å². The normalized spacial score (nSPS) is 13.1. The molecule has 1 aromatic rings. The van der Waals surface area contributed by atoms with Crippen LogP contribution in [0, 0.1) is 5.41 Å². The van der Waals surface area contributed by atoms with E-state index in [1.54, 1.807) is 30.9 Å². The Balaban J connectivity index is 2.72. The number of carbonyl (C=O) groups excluding carboxylic acids is 1. The van der Waals surface area contributed by atoms with Crippen molar-refractivity contribution >= 4 is 28.8 Å². The van der Waals surface area contributed by atoms with Crippen molar-refractivity contribution in [3.8, 4) is 0 Å². The van der Waals surface area contributed by atoms with Crippen LogP contribution in [-0.4, -0.2) is 14.7 Å². The van der Waals surface area contributed by atoms with Gasteiger partial charge in [0.05, 0.1) is 5.41 Å². The van der Waals surface area contributed by atoms with E-state index in [1.807, 2.05) is 12.1 Å². The number of hydrogen-bond acceptors (Lipinski definition) is 3. The van der Waals surface area contributed by atoms with Gasteiger partial charge in [0, 0.05) is 5.02 Å².